The first-order chi connectivity index (χ1) is 16.0. The van der Waals surface area contributed by atoms with Crippen molar-refractivity contribution in [3.63, 3.8) is 0 Å². The summed E-state index contributed by atoms with van der Waals surface area (Å²) in [6, 6.07) is 22.2. The third-order valence-corrected chi connectivity index (χ3v) is 4.56. The molecule has 0 aliphatic heterocycles. The zero-order chi connectivity index (χ0) is 23.6. The van der Waals surface area contributed by atoms with Crippen molar-refractivity contribution in [2.24, 2.45) is 0 Å². The average molecular weight is 442 g/mol. The average Bonchev–Trinajstić information content (AvgIpc) is 2.83. The zero-order valence-corrected chi connectivity index (χ0v) is 17.9. The number of carbonyl (C=O) groups excluding carboxylic acids is 1. The van der Waals surface area contributed by atoms with Crippen LogP contribution in [0.25, 0.3) is 6.08 Å². The van der Waals surface area contributed by atoms with Gasteiger partial charge in [-0.05, 0) is 72.7 Å². The number of nitrogens with one attached hydrogen (secondary N) is 1. The SMILES string of the molecule is CCOc1ccc(NC(=O)/C(C#N)=C\c2cccc(OCc3ccc(C(=O)O)cc3)c2)cc1. The van der Waals surface area contributed by atoms with E-state index >= 15 is 0 Å². The van der Waals surface area contributed by atoms with Crippen molar-refractivity contribution in [1.82, 2.24) is 0 Å². The minimum absolute atomic E-state index is 0.0507. The normalized spacial score (nSPS) is 10.7. The smallest absolute Gasteiger partial charge is 0.335 e. The Balaban J connectivity index is 1.65. The number of carbonyl (C=O) groups is 2. The van der Waals surface area contributed by atoms with Gasteiger partial charge in [0.1, 0.15) is 29.7 Å². The molecule has 0 saturated carbocycles. The summed E-state index contributed by atoms with van der Waals surface area (Å²) in [7, 11) is 0. The van der Waals surface area contributed by atoms with Gasteiger partial charge in [0.25, 0.3) is 5.91 Å². The van der Waals surface area contributed by atoms with Crippen LogP contribution < -0.4 is 14.8 Å². The number of aromatic carboxylic acids is 1. The first-order valence-electron chi connectivity index (χ1n) is 10.2. The van der Waals surface area contributed by atoms with Crippen LogP contribution in [0.5, 0.6) is 11.5 Å². The minimum atomic E-state index is -0.984. The van der Waals surface area contributed by atoms with Crippen LogP contribution in [0.15, 0.2) is 78.4 Å². The van der Waals surface area contributed by atoms with Crippen LogP contribution >= 0.6 is 0 Å². The summed E-state index contributed by atoms with van der Waals surface area (Å²) in [6.07, 6.45) is 1.48. The van der Waals surface area contributed by atoms with E-state index in [4.69, 9.17) is 14.6 Å². The molecule has 0 aromatic heterocycles. The molecule has 2 N–H and O–H groups in total. The lowest BCUT2D eigenvalue weighted by atomic mass is 10.1. The zero-order valence-electron chi connectivity index (χ0n) is 17.9. The number of rotatable bonds is 9. The molecule has 33 heavy (non-hydrogen) atoms. The van der Waals surface area contributed by atoms with E-state index in [9.17, 15) is 14.9 Å². The molecule has 0 unspecified atom stereocenters. The molecular formula is C26H22N2O5. The number of ether oxygens (including phenoxy) is 2. The molecule has 166 valence electrons. The highest BCUT2D eigenvalue weighted by Gasteiger charge is 2.10. The van der Waals surface area contributed by atoms with Gasteiger partial charge in [0, 0.05) is 5.69 Å². The third kappa shape index (κ3) is 6.71. The summed E-state index contributed by atoms with van der Waals surface area (Å²) in [5.41, 5.74) is 2.15. The van der Waals surface area contributed by atoms with E-state index in [0.717, 1.165) is 5.56 Å². The highest BCUT2D eigenvalue weighted by Crippen LogP contribution is 2.19. The fraction of sp³-hybridized carbons (Fsp3) is 0.115. The summed E-state index contributed by atoms with van der Waals surface area (Å²) in [4.78, 5) is 23.5. The van der Waals surface area contributed by atoms with E-state index in [0.29, 0.717) is 29.4 Å². The van der Waals surface area contributed by atoms with Crippen molar-refractivity contribution in [3.05, 3.63) is 95.1 Å². The van der Waals surface area contributed by atoms with Gasteiger partial charge in [-0.1, -0.05) is 24.3 Å². The molecule has 0 atom stereocenters. The van der Waals surface area contributed by atoms with Crippen molar-refractivity contribution in [1.29, 1.82) is 5.26 Å². The Hall–Kier alpha value is -4.57. The second-order valence-corrected chi connectivity index (χ2v) is 6.94. The molecule has 7 heteroatoms. The monoisotopic (exact) mass is 442 g/mol. The Bertz CT molecular complexity index is 1190. The van der Waals surface area contributed by atoms with Crippen molar-refractivity contribution < 1.29 is 24.2 Å². The first kappa shape index (κ1) is 23.1. The van der Waals surface area contributed by atoms with Crippen LogP contribution in [0.2, 0.25) is 0 Å². The Labute approximate surface area is 191 Å². The fourth-order valence-corrected chi connectivity index (χ4v) is 2.92. The molecule has 0 aliphatic rings. The van der Waals surface area contributed by atoms with Crippen molar-refractivity contribution in [2.45, 2.75) is 13.5 Å². The van der Waals surface area contributed by atoms with Gasteiger partial charge in [0.05, 0.1) is 12.2 Å². The summed E-state index contributed by atoms with van der Waals surface area (Å²) in [5, 5.41) is 21.1. The highest BCUT2D eigenvalue weighted by molar-refractivity contribution is 6.09. The number of carboxylic acids is 1. The lowest BCUT2D eigenvalue weighted by Crippen LogP contribution is -2.13. The van der Waals surface area contributed by atoms with Crippen molar-refractivity contribution in [2.75, 3.05) is 11.9 Å². The Kier molecular flexibility index (Phi) is 7.81. The highest BCUT2D eigenvalue weighted by atomic mass is 16.5. The number of benzene rings is 3. The molecule has 0 spiro atoms. The number of nitriles is 1. The fourth-order valence-electron chi connectivity index (χ4n) is 2.92. The maximum Gasteiger partial charge on any atom is 0.335 e. The molecule has 0 bridgehead atoms. The van der Waals surface area contributed by atoms with E-state index in [1.165, 1.54) is 18.2 Å². The lowest BCUT2D eigenvalue weighted by Gasteiger charge is -2.08. The standard InChI is InChI=1S/C26H22N2O5/c1-2-32-23-12-10-22(11-13-23)28-25(29)21(16-27)14-19-4-3-5-24(15-19)33-17-18-6-8-20(9-7-18)26(30)31/h3-15H,2,17H2,1H3,(H,28,29)(H,30,31)/b21-14-. The quantitative estimate of drug-likeness (QED) is 0.360. The van der Waals surface area contributed by atoms with E-state index < -0.39 is 11.9 Å². The molecule has 1 amide bonds. The summed E-state index contributed by atoms with van der Waals surface area (Å²) in [6.45, 7) is 2.68. The molecule has 3 rings (SSSR count). The Morgan fingerprint density at radius 3 is 2.36 bits per heavy atom. The maximum absolute atomic E-state index is 12.5. The van der Waals surface area contributed by atoms with Gasteiger partial charge in [-0.25, -0.2) is 4.79 Å². The second kappa shape index (κ2) is 11.2. The predicted molar refractivity (Wildman–Crippen MR) is 124 cm³/mol. The van der Waals surface area contributed by atoms with E-state index in [-0.39, 0.29) is 17.7 Å². The van der Waals surface area contributed by atoms with Crippen LogP contribution in [0.1, 0.15) is 28.4 Å². The van der Waals surface area contributed by atoms with Crippen LogP contribution in [0.3, 0.4) is 0 Å². The molecule has 0 fully saturated rings. The van der Waals surface area contributed by atoms with Gasteiger partial charge in [-0.15, -0.1) is 0 Å². The third-order valence-electron chi connectivity index (χ3n) is 4.56. The largest absolute Gasteiger partial charge is 0.494 e. The topological polar surface area (TPSA) is 109 Å². The van der Waals surface area contributed by atoms with Gasteiger partial charge >= 0.3 is 5.97 Å². The number of anilines is 1. The molecule has 0 aliphatic carbocycles. The first-order valence-corrected chi connectivity index (χ1v) is 10.2. The number of hydrogen-bond acceptors (Lipinski definition) is 5. The van der Waals surface area contributed by atoms with Gasteiger partial charge in [0.15, 0.2) is 0 Å². The van der Waals surface area contributed by atoms with Crippen LogP contribution in [0, 0.1) is 11.3 Å². The maximum atomic E-state index is 12.5. The predicted octanol–water partition coefficient (Wildman–Crippen LogP) is 4.91. The number of carboxylic acid groups (broad SMARTS) is 1. The molecule has 0 radical (unpaired) electrons. The van der Waals surface area contributed by atoms with E-state index in [1.54, 1.807) is 60.7 Å². The molecule has 3 aromatic carbocycles. The summed E-state index contributed by atoms with van der Waals surface area (Å²) >= 11 is 0. The lowest BCUT2D eigenvalue weighted by molar-refractivity contribution is -0.112. The summed E-state index contributed by atoms with van der Waals surface area (Å²) < 4.78 is 11.1. The van der Waals surface area contributed by atoms with Gasteiger partial charge in [-0.2, -0.15) is 5.26 Å². The molecule has 0 heterocycles. The molecule has 7 nitrogen and oxygen atoms in total. The van der Waals surface area contributed by atoms with E-state index in [2.05, 4.69) is 5.32 Å². The van der Waals surface area contributed by atoms with E-state index in [1.807, 2.05) is 13.0 Å². The van der Waals surface area contributed by atoms with Crippen LogP contribution in [-0.2, 0) is 11.4 Å². The number of amides is 1. The molecule has 3 aromatic rings. The van der Waals surface area contributed by atoms with Gasteiger partial charge in [-0.3, -0.25) is 4.79 Å². The number of hydrogen-bond donors (Lipinski definition) is 2. The summed E-state index contributed by atoms with van der Waals surface area (Å²) in [5.74, 6) is -0.259. The van der Waals surface area contributed by atoms with Gasteiger partial charge in [0.2, 0.25) is 0 Å². The molecular weight excluding hydrogens is 420 g/mol. The minimum Gasteiger partial charge on any atom is -0.494 e. The Morgan fingerprint density at radius 1 is 1.00 bits per heavy atom. The molecule has 0 saturated heterocycles. The van der Waals surface area contributed by atoms with Crippen LogP contribution in [0.4, 0.5) is 5.69 Å². The Morgan fingerprint density at radius 2 is 1.73 bits per heavy atom. The van der Waals surface area contributed by atoms with Crippen molar-refractivity contribution in [3.8, 4) is 17.6 Å². The number of nitrogens with zero attached hydrogens (tertiary/aromatic N) is 1. The van der Waals surface area contributed by atoms with Gasteiger partial charge < -0.3 is 19.9 Å². The second-order valence-electron chi connectivity index (χ2n) is 6.94. The van der Waals surface area contributed by atoms with Crippen molar-refractivity contribution >= 4 is 23.6 Å². The van der Waals surface area contributed by atoms with Crippen LogP contribution in [-0.4, -0.2) is 23.6 Å².